The molecule has 25 heavy (non-hydrogen) atoms. The lowest BCUT2D eigenvalue weighted by molar-refractivity contribution is -0.134. The van der Waals surface area contributed by atoms with E-state index in [1.165, 1.54) is 19.2 Å². The largest absolute Gasteiger partial charge is 0.496 e. The highest BCUT2D eigenvalue weighted by atomic mass is 35.5. The number of ether oxygens (including phenoxy) is 3. The van der Waals surface area contributed by atoms with E-state index in [1.807, 2.05) is 6.92 Å². The summed E-state index contributed by atoms with van der Waals surface area (Å²) in [5.74, 6) is -0.0406. The third-order valence-electron chi connectivity index (χ3n) is 3.68. The number of carbonyl (C=O) groups excluding carboxylic acids is 1. The second kappa shape index (κ2) is 8.72. The summed E-state index contributed by atoms with van der Waals surface area (Å²) in [5.41, 5.74) is 1.23. The lowest BCUT2D eigenvalue weighted by atomic mass is 10.1. The molecule has 0 unspecified atom stereocenters. The molecule has 134 valence electrons. The number of rotatable bonds is 7. The summed E-state index contributed by atoms with van der Waals surface area (Å²) in [7, 11) is 1.50. The SMILES string of the molecule is CCC(=O)Oc1cccc(OC)c1COc1cc(Cl)c(CC)cc1F. The van der Waals surface area contributed by atoms with Gasteiger partial charge in [-0.1, -0.05) is 31.5 Å². The molecule has 0 fully saturated rings. The molecule has 4 nitrogen and oxygen atoms in total. The van der Waals surface area contributed by atoms with Crippen molar-refractivity contribution in [3.63, 3.8) is 0 Å². The number of aryl methyl sites for hydroxylation is 1. The van der Waals surface area contributed by atoms with Gasteiger partial charge in [-0.05, 0) is 30.2 Å². The molecule has 2 aromatic carbocycles. The third kappa shape index (κ3) is 4.63. The Labute approximate surface area is 151 Å². The van der Waals surface area contributed by atoms with E-state index in [9.17, 15) is 9.18 Å². The van der Waals surface area contributed by atoms with Crippen LogP contribution < -0.4 is 14.2 Å². The second-order valence-electron chi connectivity index (χ2n) is 5.28. The monoisotopic (exact) mass is 366 g/mol. The smallest absolute Gasteiger partial charge is 0.310 e. The van der Waals surface area contributed by atoms with Crippen LogP contribution in [0, 0.1) is 5.82 Å². The minimum absolute atomic E-state index is 0.0286. The van der Waals surface area contributed by atoms with Crippen LogP contribution in [-0.2, 0) is 17.8 Å². The Kier molecular flexibility index (Phi) is 6.65. The Morgan fingerprint density at radius 1 is 1.16 bits per heavy atom. The lowest BCUT2D eigenvalue weighted by Gasteiger charge is -2.15. The highest BCUT2D eigenvalue weighted by molar-refractivity contribution is 6.31. The molecule has 0 aliphatic rings. The van der Waals surface area contributed by atoms with Crippen LogP contribution in [-0.4, -0.2) is 13.1 Å². The third-order valence-corrected chi connectivity index (χ3v) is 4.03. The molecule has 0 radical (unpaired) electrons. The maximum absolute atomic E-state index is 14.2. The van der Waals surface area contributed by atoms with Crippen LogP contribution in [0.25, 0.3) is 0 Å². The van der Waals surface area contributed by atoms with Gasteiger partial charge in [0.1, 0.15) is 18.1 Å². The van der Waals surface area contributed by atoms with E-state index < -0.39 is 5.82 Å². The van der Waals surface area contributed by atoms with E-state index in [4.69, 9.17) is 25.8 Å². The van der Waals surface area contributed by atoms with Crippen LogP contribution >= 0.6 is 11.6 Å². The molecule has 0 heterocycles. The Hall–Kier alpha value is -2.27. The van der Waals surface area contributed by atoms with Crippen LogP contribution in [0.2, 0.25) is 5.02 Å². The van der Waals surface area contributed by atoms with Gasteiger partial charge in [0.25, 0.3) is 0 Å². The van der Waals surface area contributed by atoms with Gasteiger partial charge in [-0.15, -0.1) is 0 Å². The molecule has 0 amide bonds. The van der Waals surface area contributed by atoms with Gasteiger partial charge in [-0.2, -0.15) is 0 Å². The summed E-state index contributed by atoms with van der Waals surface area (Å²) in [4.78, 5) is 11.6. The summed E-state index contributed by atoms with van der Waals surface area (Å²) in [5, 5.41) is 0.441. The fourth-order valence-corrected chi connectivity index (χ4v) is 2.56. The molecular formula is C19H20ClFO4. The summed E-state index contributed by atoms with van der Waals surface area (Å²) < 4.78 is 30.3. The number of benzene rings is 2. The van der Waals surface area contributed by atoms with Crippen LogP contribution in [0.1, 0.15) is 31.4 Å². The number of halogens is 2. The first kappa shape index (κ1) is 19.1. The molecule has 2 rings (SSSR count). The number of hydrogen-bond donors (Lipinski definition) is 0. The quantitative estimate of drug-likeness (QED) is 0.514. The first-order chi connectivity index (χ1) is 12.0. The Morgan fingerprint density at radius 2 is 1.88 bits per heavy atom. The molecular weight excluding hydrogens is 347 g/mol. The van der Waals surface area contributed by atoms with Crippen molar-refractivity contribution in [1.82, 2.24) is 0 Å². The molecule has 6 heteroatoms. The van der Waals surface area contributed by atoms with E-state index in [1.54, 1.807) is 25.1 Å². The van der Waals surface area contributed by atoms with Gasteiger partial charge < -0.3 is 14.2 Å². The van der Waals surface area contributed by atoms with Crippen molar-refractivity contribution in [3.05, 3.63) is 52.3 Å². The van der Waals surface area contributed by atoms with Gasteiger partial charge in [0.05, 0.1) is 12.7 Å². The molecule has 0 saturated carbocycles. The zero-order chi connectivity index (χ0) is 18.4. The molecule has 0 atom stereocenters. The molecule has 0 spiro atoms. The Bertz CT molecular complexity index is 761. The molecule has 0 N–H and O–H groups in total. The summed E-state index contributed by atoms with van der Waals surface area (Å²) in [6, 6.07) is 7.86. The minimum Gasteiger partial charge on any atom is -0.496 e. The van der Waals surface area contributed by atoms with Crippen molar-refractivity contribution >= 4 is 17.6 Å². The predicted molar refractivity (Wildman–Crippen MR) is 94.0 cm³/mol. The number of carbonyl (C=O) groups is 1. The van der Waals surface area contributed by atoms with Crippen molar-refractivity contribution < 1.29 is 23.4 Å². The number of hydrogen-bond acceptors (Lipinski definition) is 4. The fourth-order valence-electron chi connectivity index (χ4n) is 2.27. The van der Waals surface area contributed by atoms with Crippen molar-refractivity contribution in [2.45, 2.75) is 33.3 Å². The van der Waals surface area contributed by atoms with Gasteiger partial charge in [-0.25, -0.2) is 4.39 Å². The second-order valence-corrected chi connectivity index (χ2v) is 5.69. The topological polar surface area (TPSA) is 44.8 Å². The number of methoxy groups -OCH3 is 1. The molecule has 0 aromatic heterocycles. The summed E-state index contributed by atoms with van der Waals surface area (Å²) in [6.07, 6.45) is 0.861. The van der Waals surface area contributed by atoms with E-state index >= 15 is 0 Å². The fraction of sp³-hybridized carbons (Fsp3) is 0.316. The van der Waals surface area contributed by atoms with E-state index in [0.717, 1.165) is 0 Å². The van der Waals surface area contributed by atoms with Crippen LogP contribution in [0.4, 0.5) is 4.39 Å². The molecule has 0 saturated heterocycles. The normalized spacial score (nSPS) is 10.4. The van der Waals surface area contributed by atoms with E-state index in [-0.39, 0.29) is 24.7 Å². The first-order valence-corrected chi connectivity index (χ1v) is 8.35. The maximum Gasteiger partial charge on any atom is 0.310 e. The van der Waals surface area contributed by atoms with Crippen LogP contribution in [0.15, 0.2) is 30.3 Å². The average molecular weight is 367 g/mol. The minimum atomic E-state index is -0.497. The zero-order valence-corrected chi connectivity index (χ0v) is 15.2. The summed E-state index contributed by atoms with van der Waals surface area (Å²) >= 11 is 6.12. The predicted octanol–water partition coefficient (Wildman–Crippen LogP) is 4.94. The van der Waals surface area contributed by atoms with Gasteiger partial charge >= 0.3 is 5.97 Å². The molecule has 0 aliphatic heterocycles. The molecule has 0 bridgehead atoms. The molecule has 2 aromatic rings. The standard InChI is InChI=1S/C19H20ClFO4/c1-4-12-9-15(21)18(10-14(12)20)24-11-13-16(23-3)7-6-8-17(13)25-19(22)5-2/h6-10H,4-5,11H2,1-3H3. The number of esters is 1. The maximum atomic E-state index is 14.2. The average Bonchev–Trinajstić information content (AvgIpc) is 2.62. The highest BCUT2D eigenvalue weighted by Gasteiger charge is 2.16. The van der Waals surface area contributed by atoms with Gasteiger partial charge in [0.15, 0.2) is 11.6 Å². The van der Waals surface area contributed by atoms with E-state index in [0.29, 0.717) is 34.1 Å². The van der Waals surface area contributed by atoms with Crippen molar-refractivity contribution in [2.75, 3.05) is 7.11 Å². The zero-order valence-electron chi connectivity index (χ0n) is 14.4. The Morgan fingerprint density at radius 3 is 2.52 bits per heavy atom. The van der Waals surface area contributed by atoms with Crippen LogP contribution in [0.3, 0.4) is 0 Å². The van der Waals surface area contributed by atoms with Gasteiger partial charge in [0.2, 0.25) is 0 Å². The first-order valence-electron chi connectivity index (χ1n) is 7.97. The highest BCUT2D eigenvalue weighted by Crippen LogP contribution is 2.32. The lowest BCUT2D eigenvalue weighted by Crippen LogP contribution is -2.10. The van der Waals surface area contributed by atoms with Crippen molar-refractivity contribution in [1.29, 1.82) is 0 Å². The van der Waals surface area contributed by atoms with Crippen molar-refractivity contribution in [3.8, 4) is 17.2 Å². The summed E-state index contributed by atoms with van der Waals surface area (Å²) in [6.45, 7) is 3.56. The van der Waals surface area contributed by atoms with Gasteiger partial charge in [0, 0.05) is 17.5 Å². The van der Waals surface area contributed by atoms with Crippen molar-refractivity contribution in [2.24, 2.45) is 0 Å². The van der Waals surface area contributed by atoms with Crippen LogP contribution in [0.5, 0.6) is 17.2 Å². The van der Waals surface area contributed by atoms with Gasteiger partial charge in [-0.3, -0.25) is 4.79 Å². The Balaban J connectivity index is 2.28. The molecule has 0 aliphatic carbocycles. The van der Waals surface area contributed by atoms with E-state index in [2.05, 4.69) is 0 Å².